The Hall–Kier alpha value is -0.770. The normalized spacial score (nSPS) is 28.5. The fourth-order valence-corrected chi connectivity index (χ4v) is 1.29. The van der Waals surface area contributed by atoms with E-state index >= 15 is 0 Å². The maximum Gasteiger partial charge on any atom is 0.503 e. The van der Waals surface area contributed by atoms with Crippen LogP contribution in [0.1, 0.15) is 32.6 Å². The van der Waals surface area contributed by atoms with E-state index in [9.17, 15) is 0 Å². The molecule has 0 spiro atoms. The predicted molar refractivity (Wildman–Crippen MR) is 46.3 cm³/mol. The monoisotopic (exact) mass is 175 g/mol. The summed E-state index contributed by atoms with van der Waals surface area (Å²) in [6.07, 6.45) is 3.37. The zero-order valence-electron chi connectivity index (χ0n) is 7.36. The van der Waals surface area contributed by atoms with Gasteiger partial charge in [-0.1, -0.05) is 6.92 Å². The van der Waals surface area contributed by atoms with Gasteiger partial charge in [-0.2, -0.15) is 0 Å². The lowest BCUT2D eigenvalue weighted by Gasteiger charge is -2.22. The van der Waals surface area contributed by atoms with Gasteiger partial charge < -0.3 is 15.9 Å². The number of hydrogen-bond donors (Lipinski definition) is 3. The van der Waals surface area contributed by atoms with Crippen molar-refractivity contribution in [3.63, 3.8) is 0 Å². The molecule has 0 unspecified atom stereocenters. The molecule has 0 bridgehead atoms. The maximum atomic E-state index is 8.56. The Kier molecular flexibility index (Phi) is 5.45. The highest BCUT2D eigenvalue weighted by Crippen LogP contribution is 2.21. The van der Waals surface area contributed by atoms with E-state index in [1.165, 1.54) is 25.7 Å². The van der Waals surface area contributed by atoms with Crippen LogP contribution in [0, 0.1) is 5.92 Å². The van der Waals surface area contributed by atoms with Crippen molar-refractivity contribution >= 4 is 6.16 Å². The summed E-state index contributed by atoms with van der Waals surface area (Å²) in [5, 5.41) is 13.9. The van der Waals surface area contributed by atoms with Crippen LogP contribution in [0.2, 0.25) is 0 Å². The number of carboxylic acid groups (broad SMARTS) is 2. The first-order valence-electron chi connectivity index (χ1n) is 4.20. The molecule has 1 aliphatic rings. The van der Waals surface area contributed by atoms with Gasteiger partial charge in [0.1, 0.15) is 0 Å². The Balaban J connectivity index is 0.000000261. The third-order valence-electron chi connectivity index (χ3n) is 2.06. The van der Waals surface area contributed by atoms with Crippen molar-refractivity contribution in [2.75, 3.05) is 0 Å². The van der Waals surface area contributed by atoms with Crippen molar-refractivity contribution in [2.24, 2.45) is 11.7 Å². The maximum absolute atomic E-state index is 8.56. The SMILES string of the molecule is CC1CCC(N)CC1.O=C(O)O. The zero-order chi connectivity index (χ0) is 9.56. The summed E-state index contributed by atoms with van der Waals surface area (Å²) in [6, 6.07) is 0.520. The molecule has 0 aromatic rings. The van der Waals surface area contributed by atoms with E-state index in [1.54, 1.807) is 0 Å². The van der Waals surface area contributed by atoms with Gasteiger partial charge in [-0.15, -0.1) is 0 Å². The smallest absolute Gasteiger partial charge is 0.450 e. The Bertz CT molecular complexity index is 116. The summed E-state index contributed by atoms with van der Waals surface area (Å²) in [4.78, 5) is 8.56. The van der Waals surface area contributed by atoms with Crippen molar-refractivity contribution in [2.45, 2.75) is 38.6 Å². The first-order chi connectivity index (χ1) is 5.52. The molecular weight excluding hydrogens is 158 g/mol. The van der Waals surface area contributed by atoms with Crippen LogP contribution >= 0.6 is 0 Å². The highest BCUT2D eigenvalue weighted by atomic mass is 16.6. The molecule has 0 radical (unpaired) electrons. The highest BCUT2D eigenvalue weighted by molar-refractivity contribution is 5.53. The average molecular weight is 175 g/mol. The Labute approximate surface area is 72.4 Å². The van der Waals surface area contributed by atoms with Crippen LogP contribution in [0.15, 0.2) is 0 Å². The molecule has 1 aliphatic carbocycles. The second-order valence-electron chi connectivity index (χ2n) is 3.30. The molecule has 4 N–H and O–H groups in total. The first-order valence-corrected chi connectivity index (χ1v) is 4.20. The van der Waals surface area contributed by atoms with Crippen LogP contribution < -0.4 is 5.73 Å². The lowest BCUT2D eigenvalue weighted by molar-refractivity contribution is 0.137. The van der Waals surface area contributed by atoms with E-state index in [2.05, 4.69) is 6.92 Å². The molecule has 0 heterocycles. The van der Waals surface area contributed by atoms with Crippen LogP contribution in [0.5, 0.6) is 0 Å². The number of rotatable bonds is 0. The van der Waals surface area contributed by atoms with Crippen molar-refractivity contribution in [1.29, 1.82) is 0 Å². The Morgan fingerprint density at radius 2 is 1.58 bits per heavy atom. The summed E-state index contributed by atoms with van der Waals surface area (Å²) in [5.74, 6) is 0.940. The fourth-order valence-electron chi connectivity index (χ4n) is 1.29. The standard InChI is InChI=1S/C7H15N.CH2O3/c1-6-2-4-7(8)5-3-6;2-1(3)4/h6-7H,2-5,8H2,1H3;(H2,2,3,4). The second kappa shape index (κ2) is 5.83. The van der Waals surface area contributed by atoms with Crippen LogP contribution in [0.3, 0.4) is 0 Å². The lowest BCUT2D eigenvalue weighted by atomic mass is 9.88. The van der Waals surface area contributed by atoms with Gasteiger partial charge in [0.05, 0.1) is 0 Å². The highest BCUT2D eigenvalue weighted by Gasteiger charge is 2.13. The van der Waals surface area contributed by atoms with Gasteiger partial charge in [-0.25, -0.2) is 4.79 Å². The largest absolute Gasteiger partial charge is 0.503 e. The number of nitrogens with two attached hydrogens (primary N) is 1. The molecule has 4 nitrogen and oxygen atoms in total. The summed E-state index contributed by atoms with van der Waals surface area (Å²) in [5.41, 5.74) is 5.70. The molecule has 4 heteroatoms. The van der Waals surface area contributed by atoms with Gasteiger partial charge in [-0.05, 0) is 31.6 Å². The van der Waals surface area contributed by atoms with Gasteiger partial charge in [-0.3, -0.25) is 0 Å². The van der Waals surface area contributed by atoms with E-state index in [1.807, 2.05) is 0 Å². The molecule has 1 rings (SSSR count). The molecule has 0 atom stereocenters. The molecule has 72 valence electrons. The van der Waals surface area contributed by atoms with Crippen LogP contribution in [0.4, 0.5) is 4.79 Å². The second-order valence-corrected chi connectivity index (χ2v) is 3.30. The van der Waals surface area contributed by atoms with Crippen LogP contribution in [-0.2, 0) is 0 Å². The van der Waals surface area contributed by atoms with Gasteiger partial charge >= 0.3 is 6.16 Å². The van der Waals surface area contributed by atoms with E-state index in [0.717, 1.165) is 5.92 Å². The Morgan fingerprint density at radius 3 is 1.83 bits per heavy atom. The van der Waals surface area contributed by atoms with E-state index in [0.29, 0.717) is 6.04 Å². The topological polar surface area (TPSA) is 83.6 Å². The van der Waals surface area contributed by atoms with Gasteiger partial charge in [0.15, 0.2) is 0 Å². The minimum Gasteiger partial charge on any atom is -0.450 e. The van der Waals surface area contributed by atoms with E-state index < -0.39 is 6.16 Å². The molecule has 0 aliphatic heterocycles. The van der Waals surface area contributed by atoms with Crippen LogP contribution in [-0.4, -0.2) is 22.4 Å². The van der Waals surface area contributed by atoms with Crippen molar-refractivity contribution in [3.05, 3.63) is 0 Å². The summed E-state index contributed by atoms with van der Waals surface area (Å²) < 4.78 is 0. The van der Waals surface area contributed by atoms with Gasteiger partial charge in [0.2, 0.25) is 0 Å². The van der Waals surface area contributed by atoms with Gasteiger partial charge in [0.25, 0.3) is 0 Å². The summed E-state index contributed by atoms with van der Waals surface area (Å²) >= 11 is 0. The van der Waals surface area contributed by atoms with Crippen LogP contribution in [0.25, 0.3) is 0 Å². The third-order valence-corrected chi connectivity index (χ3v) is 2.06. The molecule has 0 amide bonds. The van der Waals surface area contributed by atoms with Crippen molar-refractivity contribution < 1.29 is 15.0 Å². The quantitative estimate of drug-likeness (QED) is 0.523. The average Bonchev–Trinajstić information content (AvgIpc) is 1.94. The predicted octanol–water partition coefficient (Wildman–Crippen LogP) is 1.75. The molecule has 0 aromatic heterocycles. The van der Waals surface area contributed by atoms with Crippen molar-refractivity contribution in [3.8, 4) is 0 Å². The molecule has 1 fully saturated rings. The van der Waals surface area contributed by atoms with Crippen molar-refractivity contribution in [1.82, 2.24) is 0 Å². The first kappa shape index (κ1) is 11.2. The fraction of sp³-hybridized carbons (Fsp3) is 0.875. The molecule has 12 heavy (non-hydrogen) atoms. The van der Waals surface area contributed by atoms with E-state index in [-0.39, 0.29) is 0 Å². The summed E-state index contributed by atoms with van der Waals surface area (Å²) in [6.45, 7) is 2.31. The molecular formula is C8H17NO3. The number of carbonyl (C=O) groups is 1. The lowest BCUT2D eigenvalue weighted by Crippen LogP contribution is -2.25. The van der Waals surface area contributed by atoms with Gasteiger partial charge in [0, 0.05) is 6.04 Å². The molecule has 0 saturated heterocycles. The third kappa shape index (κ3) is 7.34. The minimum atomic E-state index is -1.83. The zero-order valence-corrected chi connectivity index (χ0v) is 7.36. The minimum absolute atomic E-state index is 0.520. The molecule has 0 aromatic carbocycles. The Morgan fingerprint density at radius 1 is 1.25 bits per heavy atom. The summed E-state index contributed by atoms with van der Waals surface area (Å²) in [7, 11) is 0. The molecule has 1 saturated carbocycles. The van der Waals surface area contributed by atoms with E-state index in [4.69, 9.17) is 20.7 Å². The number of hydrogen-bond acceptors (Lipinski definition) is 2.